The highest BCUT2D eigenvalue weighted by molar-refractivity contribution is 5.90. The Morgan fingerprint density at radius 2 is 2.17 bits per heavy atom. The monoisotopic (exact) mass is 254 g/mol. The van der Waals surface area contributed by atoms with Gasteiger partial charge >= 0.3 is 0 Å². The molecule has 0 saturated carbocycles. The van der Waals surface area contributed by atoms with Crippen LogP contribution in [0.5, 0.6) is 0 Å². The molecule has 2 aliphatic rings. The van der Waals surface area contributed by atoms with Gasteiger partial charge in [0.05, 0.1) is 0 Å². The third kappa shape index (κ3) is 3.96. The Balaban J connectivity index is 1.54. The van der Waals surface area contributed by atoms with E-state index in [2.05, 4.69) is 20.9 Å². The zero-order valence-corrected chi connectivity index (χ0v) is 10.7. The molecule has 0 aromatic rings. The number of carbonyl (C=O) groups is 2. The second kappa shape index (κ2) is 6.70. The Morgan fingerprint density at radius 3 is 2.83 bits per heavy atom. The van der Waals surface area contributed by atoms with Gasteiger partial charge in [0.2, 0.25) is 11.8 Å². The smallest absolute Gasteiger partial charge is 0.242 e. The molecule has 102 valence electrons. The fourth-order valence-corrected chi connectivity index (χ4v) is 2.38. The van der Waals surface area contributed by atoms with E-state index in [4.69, 9.17) is 0 Å². The van der Waals surface area contributed by atoms with Gasteiger partial charge in [-0.1, -0.05) is 0 Å². The van der Waals surface area contributed by atoms with Gasteiger partial charge in [0.1, 0.15) is 6.04 Å². The summed E-state index contributed by atoms with van der Waals surface area (Å²) < 4.78 is 0. The summed E-state index contributed by atoms with van der Waals surface area (Å²) >= 11 is 0. The van der Waals surface area contributed by atoms with Crippen LogP contribution < -0.4 is 16.0 Å². The minimum Gasteiger partial charge on any atom is -0.354 e. The van der Waals surface area contributed by atoms with Gasteiger partial charge in [0.25, 0.3) is 0 Å². The number of nitrogens with zero attached hydrogens (tertiary/aromatic N) is 1. The van der Waals surface area contributed by atoms with Crippen LogP contribution in [0.3, 0.4) is 0 Å². The number of carbonyl (C=O) groups excluding carboxylic acids is 2. The van der Waals surface area contributed by atoms with Gasteiger partial charge in [-0.2, -0.15) is 0 Å². The summed E-state index contributed by atoms with van der Waals surface area (Å²) in [5.41, 5.74) is 0. The summed E-state index contributed by atoms with van der Waals surface area (Å²) in [6, 6.07) is -0.309. The van der Waals surface area contributed by atoms with Crippen molar-refractivity contribution in [3.05, 3.63) is 0 Å². The number of hydrogen-bond donors (Lipinski definition) is 3. The normalized spacial score (nSPS) is 24.9. The molecule has 0 bridgehead atoms. The highest BCUT2D eigenvalue weighted by atomic mass is 16.2. The lowest BCUT2D eigenvalue weighted by atomic mass is 10.2. The molecule has 2 fully saturated rings. The van der Waals surface area contributed by atoms with Crippen molar-refractivity contribution >= 4 is 11.8 Å². The van der Waals surface area contributed by atoms with E-state index >= 15 is 0 Å². The van der Waals surface area contributed by atoms with E-state index in [0.717, 1.165) is 39.1 Å². The fraction of sp³-hybridized carbons (Fsp3) is 0.833. The number of piperazine rings is 1. The van der Waals surface area contributed by atoms with Crippen LogP contribution in [0.4, 0.5) is 0 Å². The zero-order chi connectivity index (χ0) is 12.8. The van der Waals surface area contributed by atoms with Crippen molar-refractivity contribution in [1.29, 1.82) is 0 Å². The van der Waals surface area contributed by atoms with Crippen LogP contribution in [0.25, 0.3) is 0 Å². The van der Waals surface area contributed by atoms with Crippen molar-refractivity contribution in [2.75, 3.05) is 39.3 Å². The minimum absolute atomic E-state index is 0.0176. The standard InChI is InChI=1S/C12H22N4O2/c17-11-3-2-10(15-11)12(18)14-4-1-7-16-8-5-13-6-9-16/h10,13H,1-9H2,(H,14,18)(H,15,17)/t10-/m1/s1. The van der Waals surface area contributed by atoms with Crippen LogP contribution in [-0.4, -0.2) is 62.0 Å². The third-order valence-electron chi connectivity index (χ3n) is 3.47. The Bertz CT molecular complexity index is 302. The molecule has 2 heterocycles. The van der Waals surface area contributed by atoms with E-state index in [9.17, 15) is 9.59 Å². The number of rotatable bonds is 5. The van der Waals surface area contributed by atoms with Crippen molar-refractivity contribution < 1.29 is 9.59 Å². The fourth-order valence-electron chi connectivity index (χ4n) is 2.38. The third-order valence-corrected chi connectivity index (χ3v) is 3.47. The Morgan fingerprint density at radius 1 is 1.39 bits per heavy atom. The number of amides is 2. The van der Waals surface area contributed by atoms with Crippen LogP contribution >= 0.6 is 0 Å². The molecule has 6 heteroatoms. The zero-order valence-electron chi connectivity index (χ0n) is 10.7. The maximum Gasteiger partial charge on any atom is 0.242 e. The molecule has 2 saturated heterocycles. The van der Waals surface area contributed by atoms with Crippen LogP contribution in [0.2, 0.25) is 0 Å². The Labute approximate surface area is 107 Å². The molecule has 0 spiro atoms. The van der Waals surface area contributed by atoms with E-state index in [1.807, 2.05) is 0 Å². The molecule has 0 unspecified atom stereocenters. The summed E-state index contributed by atoms with van der Waals surface area (Å²) in [5.74, 6) is -0.0582. The van der Waals surface area contributed by atoms with E-state index < -0.39 is 0 Å². The molecular weight excluding hydrogens is 232 g/mol. The molecule has 6 nitrogen and oxygen atoms in total. The van der Waals surface area contributed by atoms with Gasteiger partial charge in [0, 0.05) is 39.1 Å². The summed E-state index contributed by atoms with van der Waals surface area (Å²) in [6.07, 6.45) is 2.06. The predicted octanol–water partition coefficient (Wildman–Crippen LogP) is -1.32. The lowest BCUT2D eigenvalue weighted by Crippen LogP contribution is -2.45. The second-order valence-corrected chi connectivity index (χ2v) is 4.89. The quantitative estimate of drug-likeness (QED) is 0.532. The first-order chi connectivity index (χ1) is 8.75. The minimum atomic E-state index is -0.309. The van der Waals surface area contributed by atoms with Crippen LogP contribution in [0.1, 0.15) is 19.3 Å². The first kappa shape index (κ1) is 13.3. The molecule has 0 radical (unpaired) electrons. The van der Waals surface area contributed by atoms with E-state index in [-0.39, 0.29) is 17.9 Å². The highest BCUT2D eigenvalue weighted by Crippen LogP contribution is 2.06. The summed E-state index contributed by atoms with van der Waals surface area (Å²) in [7, 11) is 0. The average molecular weight is 254 g/mol. The molecule has 2 rings (SSSR count). The Kier molecular flexibility index (Phi) is 4.95. The molecular formula is C12H22N4O2. The van der Waals surface area contributed by atoms with Crippen LogP contribution in [0, 0.1) is 0 Å². The van der Waals surface area contributed by atoms with Gasteiger partial charge in [-0.05, 0) is 19.4 Å². The lowest BCUT2D eigenvalue weighted by Gasteiger charge is -2.27. The summed E-state index contributed by atoms with van der Waals surface area (Å²) in [5, 5.41) is 8.88. The maximum atomic E-state index is 11.7. The van der Waals surface area contributed by atoms with Gasteiger partial charge in [-0.25, -0.2) is 0 Å². The number of nitrogens with one attached hydrogen (secondary N) is 3. The first-order valence-corrected chi connectivity index (χ1v) is 6.76. The van der Waals surface area contributed by atoms with Crippen molar-refractivity contribution in [1.82, 2.24) is 20.9 Å². The molecule has 0 aromatic carbocycles. The molecule has 2 aliphatic heterocycles. The summed E-state index contributed by atoms with van der Waals surface area (Å²) in [4.78, 5) is 25.1. The molecule has 1 atom stereocenters. The van der Waals surface area contributed by atoms with Gasteiger partial charge < -0.3 is 20.9 Å². The molecule has 2 amide bonds. The molecule has 18 heavy (non-hydrogen) atoms. The van der Waals surface area contributed by atoms with E-state index in [1.165, 1.54) is 0 Å². The van der Waals surface area contributed by atoms with Crippen LogP contribution in [0.15, 0.2) is 0 Å². The Hall–Kier alpha value is -1.14. The van der Waals surface area contributed by atoms with E-state index in [0.29, 0.717) is 19.4 Å². The topological polar surface area (TPSA) is 73.5 Å². The second-order valence-electron chi connectivity index (χ2n) is 4.89. The van der Waals surface area contributed by atoms with Gasteiger partial charge in [-0.3, -0.25) is 9.59 Å². The van der Waals surface area contributed by atoms with Crippen molar-refractivity contribution in [2.45, 2.75) is 25.3 Å². The van der Waals surface area contributed by atoms with Gasteiger partial charge in [-0.15, -0.1) is 0 Å². The first-order valence-electron chi connectivity index (χ1n) is 6.76. The van der Waals surface area contributed by atoms with Crippen molar-refractivity contribution in [2.24, 2.45) is 0 Å². The largest absolute Gasteiger partial charge is 0.354 e. The van der Waals surface area contributed by atoms with Gasteiger partial charge in [0.15, 0.2) is 0 Å². The molecule has 0 aliphatic carbocycles. The maximum absolute atomic E-state index is 11.7. The SMILES string of the molecule is O=C1CC[C@H](C(=O)NCCCN2CCNCC2)N1. The highest BCUT2D eigenvalue weighted by Gasteiger charge is 2.26. The van der Waals surface area contributed by atoms with Crippen molar-refractivity contribution in [3.8, 4) is 0 Å². The summed E-state index contributed by atoms with van der Waals surface area (Å²) in [6.45, 7) is 6.01. The van der Waals surface area contributed by atoms with Crippen LogP contribution in [-0.2, 0) is 9.59 Å². The molecule has 3 N–H and O–H groups in total. The van der Waals surface area contributed by atoms with E-state index in [1.54, 1.807) is 0 Å². The predicted molar refractivity (Wildman–Crippen MR) is 68.1 cm³/mol. The number of hydrogen-bond acceptors (Lipinski definition) is 4. The van der Waals surface area contributed by atoms with Crippen molar-refractivity contribution in [3.63, 3.8) is 0 Å². The lowest BCUT2D eigenvalue weighted by molar-refractivity contribution is -0.125. The molecule has 0 aromatic heterocycles. The average Bonchev–Trinajstić information content (AvgIpc) is 2.82.